The number of carbonyl (C=O) groups is 2. The molecule has 0 aromatic rings. The molecule has 0 spiro atoms. The number of rotatable bonds is 5. The van der Waals surface area contributed by atoms with E-state index in [-0.39, 0.29) is 18.8 Å². The first-order valence-corrected chi connectivity index (χ1v) is 3.52. The van der Waals surface area contributed by atoms with Gasteiger partial charge in [0.15, 0.2) is 0 Å². The van der Waals surface area contributed by atoms with Crippen molar-refractivity contribution in [1.82, 2.24) is 0 Å². The van der Waals surface area contributed by atoms with Gasteiger partial charge in [0, 0.05) is 12.4 Å². The average molecular weight is 159 g/mol. The predicted octanol–water partition coefficient (Wildman–Crippen LogP) is -0.530. The lowest BCUT2D eigenvalue weighted by Crippen LogP contribution is -2.21. The van der Waals surface area contributed by atoms with E-state index < -0.39 is 5.97 Å². The standard InChI is InChI=1S/C7H12O4/c1-2-11-7(10)5-3-4-6(8)9/h2-5H2,1H3,(H,8,9)/p-1. The van der Waals surface area contributed by atoms with Crippen LogP contribution in [-0.4, -0.2) is 18.5 Å². The molecule has 0 N–H and O–H groups in total. The van der Waals surface area contributed by atoms with E-state index in [1.807, 2.05) is 0 Å². The van der Waals surface area contributed by atoms with Gasteiger partial charge in [-0.1, -0.05) is 0 Å². The van der Waals surface area contributed by atoms with E-state index in [4.69, 9.17) is 0 Å². The van der Waals surface area contributed by atoms with Crippen LogP contribution in [-0.2, 0) is 14.3 Å². The molecule has 0 bridgehead atoms. The van der Waals surface area contributed by atoms with Crippen LogP contribution in [0.15, 0.2) is 0 Å². The fourth-order valence-corrected chi connectivity index (χ4v) is 0.610. The largest absolute Gasteiger partial charge is 0.550 e. The maximum absolute atomic E-state index is 10.6. The van der Waals surface area contributed by atoms with Crippen molar-refractivity contribution in [3.63, 3.8) is 0 Å². The summed E-state index contributed by atoms with van der Waals surface area (Å²) < 4.78 is 4.57. The van der Waals surface area contributed by atoms with Crippen LogP contribution in [0, 0.1) is 0 Å². The van der Waals surface area contributed by atoms with Gasteiger partial charge in [-0.25, -0.2) is 0 Å². The van der Waals surface area contributed by atoms with Gasteiger partial charge < -0.3 is 14.6 Å². The van der Waals surface area contributed by atoms with Crippen LogP contribution in [0.25, 0.3) is 0 Å². The second-order valence-corrected chi connectivity index (χ2v) is 2.03. The molecule has 64 valence electrons. The summed E-state index contributed by atoms with van der Waals surface area (Å²) in [5.74, 6) is -1.48. The first-order chi connectivity index (χ1) is 5.16. The van der Waals surface area contributed by atoms with Gasteiger partial charge in [0.25, 0.3) is 0 Å². The number of carboxylic acids is 1. The van der Waals surface area contributed by atoms with Crippen molar-refractivity contribution in [2.45, 2.75) is 26.2 Å². The second kappa shape index (κ2) is 5.70. The maximum atomic E-state index is 10.6. The van der Waals surface area contributed by atoms with Crippen LogP contribution >= 0.6 is 0 Å². The second-order valence-electron chi connectivity index (χ2n) is 2.03. The topological polar surface area (TPSA) is 66.4 Å². The van der Waals surface area contributed by atoms with Crippen molar-refractivity contribution in [3.8, 4) is 0 Å². The van der Waals surface area contributed by atoms with Gasteiger partial charge in [-0.3, -0.25) is 4.79 Å². The Morgan fingerprint density at radius 1 is 1.36 bits per heavy atom. The number of carboxylic acid groups (broad SMARTS) is 1. The predicted molar refractivity (Wildman–Crippen MR) is 35.5 cm³/mol. The van der Waals surface area contributed by atoms with E-state index in [1.54, 1.807) is 6.92 Å². The van der Waals surface area contributed by atoms with Crippen molar-refractivity contribution in [3.05, 3.63) is 0 Å². The van der Waals surface area contributed by atoms with Crippen LogP contribution < -0.4 is 5.11 Å². The fraction of sp³-hybridized carbons (Fsp3) is 0.714. The summed E-state index contributed by atoms with van der Waals surface area (Å²) >= 11 is 0. The summed E-state index contributed by atoms with van der Waals surface area (Å²) in [5, 5.41) is 9.88. The van der Waals surface area contributed by atoms with Crippen LogP contribution in [0.1, 0.15) is 26.2 Å². The molecule has 0 aliphatic rings. The Labute approximate surface area is 65.2 Å². The fourth-order valence-electron chi connectivity index (χ4n) is 0.610. The highest BCUT2D eigenvalue weighted by molar-refractivity contribution is 5.70. The summed E-state index contributed by atoms with van der Waals surface area (Å²) in [4.78, 5) is 20.5. The van der Waals surface area contributed by atoms with Gasteiger partial charge in [-0.15, -0.1) is 0 Å². The third kappa shape index (κ3) is 6.83. The minimum Gasteiger partial charge on any atom is -0.550 e. The lowest BCUT2D eigenvalue weighted by molar-refractivity contribution is -0.305. The molecule has 0 aromatic carbocycles. The summed E-state index contributed by atoms with van der Waals surface area (Å²) in [6, 6.07) is 0. The van der Waals surface area contributed by atoms with Gasteiger partial charge in [0.05, 0.1) is 6.61 Å². The Balaban J connectivity index is 3.24. The normalized spacial score (nSPS) is 9.18. The van der Waals surface area contributed by atoms with E-state index in [2.05, 4.69) is 4.74 Å². The average Bonchev–Trinajstić information content (AvgIpc) is 1.87. The minimum absolute atomic E-state index is 0.0845. The summed E-state index contributed by atoms with van der Waals surface area (Å²) in [6.07, 6.45) is 0.363. The van der Waals surface area contributed by atoms with E-state index in [0.29, 0.717) is 13.0 Å². The monoisotopic (exact) mass is 159 g/mol. The Hall–Kier alpha value is -1.06. The van der Waals surface area contributed by atoms with Gasteiger partial charge in [-0.05, 0) is 19.8 Å². The number of aliphatic carboxylic acids is 1. The Bertz CT molecular complexity index is 141. The molecule has 0 aliphatic heterocycles. The highest BCUT2D eigenvalue weighted by Crippen LogP contribution is 1.95. The van der Waals surface area contributed by atoms with Crippen molar-refractivity contribution < 1.29 is 19.4 Å². The van der Waals surface area contributed by atoms with Gasteiger partial charge >= 0.3 is 5.97 Å². The Morgan fingerprint density at radius 3 is 2.45 bits per heavy atom. The van der Waals surface area contributed by atoms with E-state index in [1.165, 1.54) is 0 Å². The van der Waals surface area contributed by atoms with Crippen LogP contribution in [0.4, 0.5) is 0 Å². The van der Waals surface area contributed by atoms with Crippen molar-refractivity contribution in [2.75, 3.05) is 6.61 Å². The number of hydrogen-bond donors (Lipinski definition) is 0. The third-order valence-electron chi connectivity index (χ3n) is 1.07. The number of ether oxygens (including phenoxy) is 1. The minimum atomic E-state index is -1.13. The molecule has 0 radical (unpaired) electrons. The maximum Gasteiger partial charge on any atom is 0.305 e. The molecular weight excluding hydrogens is 148 g/mol. The van der Waals surface area contributed by atoms with Crippen LogP contribution in [0.3, 0.4) is 0 Å². The molecule has 4 nitrogen and oxygen atoms in total. The molecule has 11 heavy (non-hydrogen) atoms. The van der Waals surface area contributed by atoms with E-state index >= 15 is 0 Å². The Kier molecular flexibility index (Phi) is 5.15. The molecule has 4 heteroatoms. The lowest BCUT2D eigenvalue weighted by atomic mass is 10.2. The molecule has 0 unspecified atom stereocenters. The quantitative estimate of drug-likeness (QED) is 0.506. The van der Waals surface area contributed by atoms with Gasteiger partial charge in [0.1, 0.15) is 0 Å². The molecule has 0 fully saturated rings. The van der Waals surface area contributed by atoms with E-state index in [9.17, 15) is 14.7 Å². The highest BCUT2D eigenvalue weighted by atomic mass is 16.5. The molecule has 0 saturated heterocycles. The van der Waals surface area contributed by atoms with Crippen molar-refractivity contribution in [1.29, 1.82) is 0 Å². The zero-order chi connectivity index (χ0) is 8.69. The van der Waals surface area contributed by atoms with Crippen LogP contribution in [0.2, 0.25) is 0 Å². The third-order valence-corrected chi connectivity index (χ3v) is 1.07. The van der Waals surface area contributed by atoms with Gasteiger partial charge in [0.2, 0.25) is 0 Å². The summed E-state index contributed by atoms with van der Waals surface area (Å²) in [6.45, 7) is 2.04. The first-order valence-electron chi connectivity index (χ1n) is 3.52. The van der Waals surface area contributed by atoms with Crippen LogP contribution in [0.5, 0.6) is 0 Å². The smallest absolute Gasteiger partial charge is 0.305 e. The molecule has 0 aliphatic carbocycles. The molecule has 0 aromatic heterocycles. The van der Waals surface area contributed by atoms with E-state index in [0.717, 1.165) is 0 Å². The SMILES string of the molecule is CCOC(=O)CCCC(=O)[O-]. The van der Waals surface area contributed by atoms with Crippen molar-refractivity contribution >= 4 is 11.9 Å². The first kappa shape index (κ1) is 9.94. The number of hydrogen-bond acceptors (Lipinski definition) is 4. The van der Waals surface area contributed by atoms with Crippen molar-refractivity contribution in [2.24, 2.45) is 0 Å². The number of carbonyl (C=O) groups excluding carboxylic acids is 2. The molecule has 0 rings (SSSR count). The molecule has 0 saturated carbocycles. The molecule has 0 heterocycles. The molecular formula is C7H11O4-. The Morgan fingerprint density at radius 2 is 2.00 bits per heavy atom. The van der Waals surface area contributed by atoms with Gasteiger partial charge in [-0.2, -0.15) is 0 Å². The molecule has 0 amide bonds. The zero-order valence-electron chi connectivity index (χ0n) is 6.46. The summed E-state index contributed by atoms with van der Waals surface area (Å²) in [7, 11) is 0. The zero-order valence-corrected chi connectivity index (χ0v) is 6.46. The summed E-state index contributed by atoms with van der Waals surface area (Å²) in [5.41, 5.74) is 0. The highest BCUT2D eigenvalue weighted by Gasteiger charge is 1.99. The lowest BCUT2D eigenvalue weighted by Gasteiger charge is -2.01. The number of esters is 1. The molecule has 0 atom stereocenters.